The van der Waals surface area contributed by atoms with E-state index in [2.05, 4.69) is 0 Å². The van der Waals surface area contributed by atoms with Crippen LogP contribution in [-0.2, 0) is 16.1 Å². The van der Waals surface area contributed by atoms with E-state index in [1.54, 1.807) is 23.8 Å². The van der Waals surface area contributed by atoms with Crippen molar-refractivity contribution in [3.63, 3.8) is 0 Å². The lowest BCUT2D eigenvalue weighted by Crippen LogP contribution is -2.36. The number of carboxylic acids is 1. The number of hydrogen-bond acceptors (Lipinski definition) is 4. The van der Waals surface area contributed by atoms with Crippen LogP contribution in [0.3, 0.4) is 0 Å². The standard InChI is InChI=1S/C11H13NO4/c1-2-16-10(13)5-7-12-6-3-4-9(8-12)11(14)15/h3-4,6,8H,2,5,7H2,1H3. The average Bonchev–Trinajstić information content (AvgIpc) is 2.27. The van der Waals surface area contributed by atoms with Gasteiger partial charge in [-0.15, -0.1) is 0 Å². The third kappa shape index (κ3) is 3.68. The fourth-order valence-electron chi connectivity index (χ4n) is 1.24. The summed E-state index contributed by atoms with van der Waals surface area (Å²) in [6, 6.07) is 3.03. The van der Waals surface area contributed by atoms with Gasteiger partial charge in [-0.1, -0.05) is 0 Å². The Balaban J connectivity index is 2.57. The highest BCUT2D eigenvalue weighted by Crippen LogP contribution is 1.93. The smallest absolute Gasteiger partial charge is 0.312 e. The maximum Gasteiger partial charge on any atom is 0.312 e. The molecule has 1 aromatic rings. The second-order valence-electron chi connectivity index (χ2n) is 3.17. The molecule has 16 heavy (non-hydrogen) atoms. The number of aromatic carboxylic acids is 1. The maximum absolute atomic E-state index is 11.1. The summed E-state index contributed by atoms with van der Waals surface area (Å²) in [5.41, 5.74) is 0.0892. The third-order valence-electron chi connectivity index (χ3n) is 1.97. The first kappa shape index (κ1) is 12.2. The number of rotatable bonds is 5. The van der Waals surface area contributed by atoms with Gasteiger partial charge in [-0.05, 0) is 13.0 Å². The Morgan fingerprint density at radius 2 is 2.25 bits per heavy atom. The largest absolute Gasteiger partial charge is 0.545 e. The summed E-state index contributed by atoms with van der Waals surface area (Å²) in [5, 5.41) is 10.6. The van der Waals surface area contributed by atoms with Gasteiger partial charge in [0, 0.05) is 6.07 Å². The fraction of sp³-hybridized carbons (Fsp3) is 0.364. The quantitative estimate of drug-likeness (QED) is 0.488. The summed E-state index contributed by atoms with van der Waals surface area (Å²) in [4.78, 5) is 21.6. The fourth-order valence-corrected chi connectivity index (χ4v) is 1.24. The summed E-state index contributed by atoms with van der Waals surface area (Å²) in [6.07, 6.45) is 3.33. The summed E-state index contributed by atoms with van der Waals surface area (Å²) in [5.74, 6) is -1.53. The van der Waals surface area contributed by atoms with Crippen LogP contribution in [0.15, 0.2) is 24.5 Å². The number of pyridine rings is 1. The van der Waals surface area contributed by atoms with Gasteiger partial charge < -0.3 is 14.6 Å². The van der Waals surface area contributed by atoms with E-state index in [1.165, 1.54) is 12.3 Å². The normalized spacial score (nSPS) is 9.81. The predicted molar refractivity (Wildman–Crippen MR) is 52.2 cm³/mol. The van der Waals surface area contributed by atoms with E-state index in [0.717, 1.165) is 0 Å². The molecule has 86 valence electrons. The summed E-state index contributed by atoms with van der Waals surface area (Å²) >= 11 is 0. The van der Waals surface area contributed by atoms with Crippen molar-refractivity contribution in [1.29, 1.82) is 0 Å². The molecule has 0 aliphatic rings. The van der Waals surface area contributed by atoms with Crippen LogP contribution >= 0.6 is 0 Å². The van der Waals surface area contributed by atoms with Crippen molar-refractivity contribution in [2.75, 3.05) is 6.61 Å². The topological polar surface area (TPSA) is 70.3 Å². The Hall–Kier alpha value is -1.91. The van der Waals surface area contributed by atoms with Crippen molar-refractivity contribution in [2.24, 2.45) is 0 Å². The molecule has 1 heterocycles. The van der Waals surface area contributed by atoms with Crippen LogP contribution in [-0.4, -0.2) is 18.5 Å². The molecule has 5 heteroatoms. The van der Waals surface area contributed by atoms with E-state index in [0.29, 0.717) is 13.2 Å². The zero-order chi connectivity index (χ0) is 12.0. The molecule has 0 amide bonds. The molecule has 0 radical (unpaired) electrons. The molecule has 0 bridgehead atoms. The highest BCUT2D eigenvalue weighted by Gasteiger charge is 2.08. The first-order valence-electron chi connectivity index (χ1n) is 4.99. The van der Waals surface area contributed by atoms with Crippen LogP contribution in [0.2, 0.25) is 0 Å². The van der Waals surface area contributed by atoms with E-state index in [1.807, 2.05) is 0 Å². The predicted octanol–water partition coefficient (Wildman–Crippen LogP) is -0.709. The highest BCUT2D eigenvalue weighted by atomic mass is 16.5. The van der Waals surface area contributed by atoms with E-state index >= 15 is 0 Å². The Labute approximate surface area is 93.3 Å². The second kappa shape index (κ2) is 5.85. The van der Waals surface area contributed by atoms with Crippen molar-refractivity contribution < 1.29 is 24.0 Å². The summed E-state index contributed by atoms with van der Waals surface area (Å²) < 4.78 is 6.37. The minimum atomic E-state index is -1.23. The van der Waals surface area contributed by atoms with Gasteiger partial charge in [-0.25, -0.2) is 4.57 Å². The highest BCUT2D eigenvalue weighted by molar-refractivity contribution is 5.84. The van der Waals surface area contributed by atoms with Crippen LogP contribution in [0.1, 0.15) is 23.7 Å². The lowest BCUT2D eigenvalue weighted by atomic mass is 10.3. The molecule has 0 fully saturated rings. The van der Waals surface area contributed by atoms with Crippen LogP contribution in [0.5, 0.6) is 0 Å². The van der Waals surface area contributed by atoms with Gasteiger partial charge in [0.05, 0.1) is 18.1 Å². The zero-order valence-electron chi connectivity index (χ0n) is 9.01. The number of carboxylic acid groups (broad SMARTS) is 1. The van der Waals surface area contributed by atoms with Gasteiger partial charge in [0.25, 0.3) is 0 Å². The average molecular weight is 223 g/mol. The van der Waals surface area contributed by atoms with E-state index < -0.39 is 5.97 Å². The van der Waals surface area contributed by atoms with E-state index in [9.17, 15) is 14.7 Å². The van der Waals surface area contributed by atoms with Crippen molar-refractivity contribution in [3.05, 3.63) is 30.1 Å². The monoisotopic (exact) mass is 223 g/mol. The van der Waals surface area contributed by atoms with E-state index in [4.69, 9.17) is 4.74 Å². The van der Waals surface area contributed by atoms with Gasteiger partial charge in [-0.3, -0.25) is 4.79 Å². The van der Waals surface area contributed by atoms with Crippen molar-refractivity contribution in [2.45, 2.75) is 19.9 Å². The molecule has 0 saturated heterocycles. The Morgan fingerprint density at radius 3 is 2.88 bits per heavy atom. The maximum atomic E-state index is 11.1. The molecular formula is C11H13NO4. The van der Waals surface area contributed by atoms with Crippen molar-refractivity contribution >= 4 is 11.9 Å². The first-order chi connectivity index (χ1) is 7.63. The number of aryl methyl sites for hydroxylation is 1. The Kier molecular flexibility index (Phi) is 4.44. The minimum Gasteiger partial charge on any atom is -0.545 e. The lowest BCUT2D eigenvalue weighted by molar-refractivity contribution is -0.696. The molecule has 1 aromatic heterocycles. The number of ether oxygens (including phenoxy) is 1. The number of esters is 1. The van der Waals surface area contributed by atoms with Crippen molar-refractivity contribution in [3.8, 4) is 0 Å². The van der Waals surface area contributed by atoms with Gasteiger partial charge in [0.2, 0.25) is 0 Å². The number of nitrogens with zero attached hydrogens (tertiary/aromatic N) is 1. The van der Waals surface area contributed by atoms with Crippen molar-refractivity contribution in [1.82, 2.24) is 0 Å². The summed E-state index contributed by atoms with van der Waals surface area (Å²) in [7, 11) is 0. The molecule has 5 nitrogen and oxygen atoms in total. The van der Waals surface area contributed by atoms with Gasteiger partial charge >= 0.3 is 5.97 Å². The van der Waals surface area contributed by atoms with Gasteiger partial charge in [0.15, 0.2) is 18.9 Å². The number of carbonyl (C=O) groups is 2. The Morgan fingerprint density at radius 1 is 1.50 bits per heavy atom. The molecule has 0 saturated carbocycles. The number of hydrogen-bond donors (Lipinski definition) is 0. The molecule has 0 N–H and O–H groups in total. The Bertz CT molecular complexity index is 389. The number of carbonyl (C=O) groups excluding carboxylic acids is 2. The van der Waals surface area contributed by atoms with Crippen LogP contribution in [0.25, 0.3) is 0 Å². The van der Waals surface area contributed by atoms with Crippen LogP contribution < -0.4 is 9.67 Å². The SMILES string of the molecule is CCOC(=O)CC[n+]1cccc(C(=O)[O-])c1. The minimum absolute atomic E-state index is 0.0892. The third-order valence-corrected chi connectivity index (χ3v) is 1.97. The van der Waals surface area contributed by atoms with Crippen LogP contribution in [0.4, 0.5) is 0 Å². The van der Waals surface area contributed by atoms with Gasteiger partial charge in [-0.2, -0.15) is 0 Å². The zero-order valence-corrected chi connectivity index (χ0v) is 9.01. The molecule has 0 spiro atoms. The van der Waals surface area contributed by atoms with Crippen LogP contribution in [0, 0.1) is 0 Å². The molecule has 1 rings (SSSR count). The second-order valence-corrected chi connectivity index (χ2v) is 3.17. The summed E-state index contributed by atoms with van der Waals surface area (Å²) in [6.45, 7) is 2.48. The van der Waals surface area contributed by atoms with Gasteiger partial charge in [0.1, 0.15) is 6.42 Å². The molecule has 0 unspecified atom stereocenters. The first-order valence-corrected chi connectivity index (χ1v) is 4.99. The lowest BCUT2D eigenvalue weighted by Gasteiger charge is -2.02. The number of aromatic nitrogens is 1. The molecular weight excluding hydrogens is 210 g/mol. The van der Waals surface area contributed by atoms with E-state index in [-0.39, 0.29) is 18.0 Å². The molecule has 0 aliphatic heterocycles. The molecule has 0 aliphatic carbocycles. The molecule has 0 aromatic carbocycles. The molecule has 0 atom stereocenters.